The minimum atomic E-state index is 0.476. The number of carbonyl (C=O) groups is 1. The van der Waals surface area contributed by atoms with Crippen LogP contribution < -0.4 is 5.73 Å². The van der Waals surface area contributed by atoms with Gasteiger partial charge >= 0.3 is 0 Å². The summed E-state index contributed by atoms with van der Waals surface area (Å²) in [6.45, 7) is 0.476. The maximum absolute atomic E-state index is 9.32. The number of hydrogen-bond donors (Lipinski definition) is 1. The zero-order valence-corrected chi connectivity index (χ0v) is 7.42. The molecule has 0 bridgehead atoms. The van der Waals surface area contributed by atoms with E-state index in [1.54, 1.807) is 0 Å². The van der Waals surface area contributed by atoms with Crippen molar-refractivity contribution in [3.63, 3.8) is 0 Å². The molecule has 2 N–H and O–H groups in total. The molecule has 0 spiro atoms. The second-order valence-corrected chi connectivity index (χ2v) is 3.43. The first-order chi connectivity index (χ1) is 4.41. The molecule has 3 nitrogen and oxygen atoms in total. The largest absolute Gasteiger partial charge is 0.333 e. The van der Waals surface area contributed by atoms with Crippen molar-refractivity contribution in [1.29, 1.82) is 0 Å². The first-order valence-corrected chi connectivity index (χ1v) is 3.34. The summed E-state index contributed by atoms with van der Waals surface area (Å²) < 4.78 is 1.00. The summed E-state index contributed by atoms with van der Waals surface area (Å²) in [6.07, 6.45) is 1.29. The van der Waals surface area contributed by atoms with Gasteiger partial charge in [-0.2, -0.15) is 0 Å². The van der Waals surface area contributed by atoms with Crippen molar-refractivity contribution in [2.45, 2.75) is 6.42 Å². The Morgan fingerprint density at radius 1 is 1.30 bits per heavy atom. The fourth-order valence-electron chi connectivity index (χ4n) is 0.0680. The van der Waals surface area contributed by atoms with E-state index in [0.29, 0.717) is 13.0 Å². The van der Waals surface area contributed by atoms with Crippen molar-refractivity contribution in [2.75, 3.05) is 34.7 Å². The predicted molar refractivity (Wildman–Crippen MR) is 43.7 cm³/mol. The maximum atomic E-state index is 9.32. The lowest BCUT2D eigenvalue weighted by molar-refractivity contribution is -0.849. The van der Waals surface area contributed by atoms with Crippen LogP contribution in [0.1, 0.15) is 6.42 Å². The molecule has 0 amide bonds. The highest BCUT2D eigenvalue weighted by Gasteiger charge is 1.88. The number of nitrogens with zero attached hydrogens (tertiary/aromatic N) is 1. The van der Waals surface area contributed by atoms with E-state index in [9.17, 15) is 4.79 Å². The van der Waals surface area contributed by atoms with E-state index in [-0.39, 0.29) is 0 Å². The molecule has 0 rings (SSSR count). The second-order valence-electron chi connectivity index (χ2n) is 3.43. The maximum Gasteiger partial charge on any atom is 0.121 e. The fraction of sp³-hybridized carbons (Fsp3) is 0.857. The molecule has 0 aliphatic rings. The van der Waals surface area contributed by atoms with Crippen molar-refractivity contribution in [3.05, 3.63) is 0 Å². The molecular weight excluding hydrogens is 128 g/mol. The number of aldehydes is 1. The highest BCUT2D eigenvalue weighted by Crippen LogP contribution is 1.73. The molecule has 0 aliphatic heterocycles. The standard InChI is InChI=1S/C4H12N.C3H7NO/c1-5(2,3)4;4-2-1-3-5/h1-4H3;3H,1-2,4H2/q+1;. The van der Waals surface area contributed by atoms with Crippen LogP contribution in [0.3, 0.4) is 0 Å². The van der Waals surface area contributed by atoms with E-state index in [1.165, 1.54) is 0 Å². The van der Waals surface area contributed by atoms with E-state index < -0.39 is 0 Å². The van der Waals surface area contributed by atoms with Gasteiger partial charge in [0, 0.05) is 6.42 Å². The molecule has 0 aromatic rings. The van der Waals surface area contributed by atoms with Crippen LogP contribution in [0.4, 0.5) is 0 Å². The van der Waals surface area contributed by atoms with Gasteiger partial charge in [0.05, 0.1) is 28.2 Å². The third kappa shape index (κ3) is 130. The average molecular weight is 147 g/mol. The molecule has 0 radical (unpaired) electrons. The van der Waals surface area contributed by atoms with Crippen LogP contribution in [-0.2, 0) is 4.79 Å². The van der Waals surface area contributed by atoms with E-state index >= 15 is 0 Å². The van der Waals surface area contributed by atoms with Gasteiger partial charge in [0.1, 0.15) is 6.29 Å². The minimum absolute atomic E-state index is 0.476. The van der Waals surface area contributed by atoms with Crippen LogP contribution in [-0.4, -0.2) is 45.5 Å². The Hall–Kier alpha value is -0.410. The SMILES string of the molecule is C[N+](C)(C)C.NCCC=O. The molecule has 0 heterocycles. The molecule has 0 aromatic heterocycles. The lowest BCUT2D eigenvalue weighted by Crippen LogP contribution is -2.27. The van der Waals surface area contributed by atoms with E-state index in [4.69, 9.17) is 5.73 Å². The number of rotatable bonds is 2. The van der Waals surface area contributed by atoms with E-state index in [1.807, 2.05) is 0 Å². The van der Waals surface area contributed by atoms with Crippen LogP contribution in [0, 0.1) is 0 Å². The Balaban J connectivity index is 0. The lowest BCUT2D eigenvalue weighted by Gasteiger charge is -2.14. The average Bonchev–Trinajstić information content (AvgIpc) is 1.63. The molecule has 0 saturated heterocycles. The zero-order chi connectivity index (χ0) is 8.62. The van der Waals surface area contributed by atoms with Gasteiger partial charge in [-0.25, -0.2) is 0 Å². The van der Waals surface area contributed by atoms with Gasteiger partial charge in [-0.05, 0) is 6.54 Å². The zero-order valence-electron chi connectivity index (χ0n) is 7.42. The van der Waals surface area contributed by atoms with Crippen molar-refractivity contribution in [3.8, 4) is 0 Å². The Morgan fingerprint density at radius 2 is 1.60 bits per heavy atom. The van der Waals surface area contributed by atoms with Gasteiger partial charge in [0.25, 0.3) is 0 Å². The van der Waals surface area contributed by atoms with Crippen molar-refractivity contribution in [1.82, 2.24) is 0 Å². The lowest BCUT2D eigenvalue weighted by atomic mass is 10.5. The molecule has 10 heavy (non-hydrogen) atoms. The first-order valence-electron chi connectivity index (χ1n) is 3.34. The highest BCUT2D eigenvalue weighted by molar-refractivity contribution is 5.49. The van der Waals surface area contributed by atoms with Crippen LogP contribution in [0.25, 0.3) is 0 Å². The summed E-state index contributed by atoms with van der Waals surface area (Å²) in [6, 6.07) is 0. The molecule has 0 unspecified atom stereocenters. The van der Waals surface area contributed by atoms with Crippen molar-refractivity contribution >= 4 is 6.29 Å². The number of hydrogen-bond acceptors (Lipinski definition) is 2. The highest BCUT2D eigenvalue weighted by atomic mass is 16.1. The smallest absolute Gasteiger partial charge is 0.121 e. The van der Waals surface area contributed by atoms with Crippen LogP contribution in [0.5, 0.6) is 0 Å². The molecule has 0 aromatic carbocycles. The molecule has 0 atom stereocenters. The summed E-state index contributed by atoms with van der Waals surface area (Å²) in [5, 5.41) is 0. The summed E-state index contributed by atoms with van der Waals surface area (Å²) >= 11 is 0. The predicted octanol–water partition coefficient (Wildman–Crippen LogP) is -0.143. The first kappa shape index (κ1) is 12.3. The second kappa shape index (κ2) is 6.71. The summed E-state index contributed by atoms with van der Waals surface area (Å²) in [5.41, 5.74) is 4.91. The summed E-state index contributed by atoms with van der Waals surface area (Å²) in [4.78, 5) is 9.32. The molecule has 0 saturated carbocycles. The third-order valence-corrected chi connectivity index (χ3v) is 0.285. The topological polar surface area (TPSA) is 43.1 Å². The molecule has 62 valence electrons. The fourth-order valence-corrected chi connectivity index (χ4v) is 0.0680. The monoisotopic (exact) mass is 147 g/mol. The summed E-state index contributed by atoms with van der Waals surface area (Å²) in [5.74, 6) is 0. The van der Waals surface area contributed by atoms with E-state index in [2.05, 4.69) is 28.2 Å². The molecule has 0 aliphatic carbocycles. The van der Waals surface area contributed by atoms with Crippen LogP contribution in [0.15, 0.2) is 0 Å². The Labute approximate surface area is 63.4 Å². The Bertz CT molecular complexity index is 70.2. The van der Waals surface area contributed by atoms with Gasteiger partial charge in [-0.1, -0.05) is 0 Å². The van der Waals surface area contributed by atoms with Gasteiger partial charge in [0.15, 0.2) is 0 Å². The Kier molecular flexibility index (Phi) is 8.24. The van der Waals surface area contributed by atoms with Crippen molar-refractivity contribution in [2.24, 2.45) is 5.73 Å². The summed E-state index contributed by atoms with van der Waals surface area (Å²) in [7, 11) is 8.50. The van der Waals surface area contributed by atoms with Gasteiger partial charge in [-0.3, -0.25) is 0 Å². The van der Waals surface area contributed by atoms with Gasteiger partial charge < -0.3 is 15.0 Å². The number of quaternary nitrogens is 1. The van der Waals surface area contributed by atoms with Gasteiger partial charge in [-0.15, -0.1) is 0 Å². The Morgan fingerprint density at radius 3 is 1.60 bits per heavy atom. The molecular formula is C7H19N2O+. The van der Waals surface area contributed by atoms with E-state index in [0.717, 1.165) is 10.8 Å². The number of carbonyl (C=O) groups excluding carboxylic acids is 1. The van der Waals surface area contributed by atoms with Crippen LogP contribution in [0.2, 0.25) is 0 Å². The van der Waals surface area contributed by atoms with Crippen molar-refractivity contribution < 1.29 is 9.28 Å². The third-order valence-electron chi connectivity index (χ3n) is 0.285. The molecule has 3 heteroatoms. The number of nitrogens with two attached hydrogens (primary N) is 1. The quantitative estimate of drug-likeness (QED) is 0.436. The van der Waals surface area contributed by atoms with Crippen LogP contribution >= 0.6 is 0 Å². The minimum Gasteiger partial charge on any atom is -0.333 e. The molecule has 0 fully saturated rings. The van der Waals surface area contributed by atoms with Gasteiger partial charge in [0.2, 0.25) is 0 Å². The normalized spacial score (nSPS) is 9.70.